The van der Waals surface area contributed by atoms with Gasteiger partial charge in [0.15, 0.2) is 6.29 Å². The average Bonchev–Trinajstić information content (AvgIpc) is 3.62. The van der Waals surface area contributed by atoms with Gasteiger partial charge >= 0.3 is 0 Å². The zero-order chi connectivity index (χ0) is 22.9. The Morgan fingerprint density at radius 1 is 0.647 bits per heavy atom. The van der Waals surface area contributed by atoms with E-state index >= 15 is 0 Å². The third-order valence-electron chi connectivity index (χ3n) is 5.63. The summed E-state index contributed by atoms with van der Waals surface area (Å²) in [7, 11) is 0. The van der Waals surface area contributed by atoms with Crippen molar-refractivity contribution < 1.29 is 9.53 Å². The Morgan fingerprint density at radius 2 is 1.35 bits per heavy atom. The molecule has 0 N–H and O–H groups in total. The van der Waals surface area contributed by atoms with Gasteiger partial charge in [-0.2, -0.15) is 0 Å². The number of aldehydes is 1. The number of carbonyl (C=O) groups excluding carboxylic acids is 1. The second-order valence-electron chi connectivity index (χ2n) is 7.82. The summed E-state index contributed by atoms with van der Waals surface area (Å²) in [6, 6.07) is 36.8. The van der Waals surface area contributed by atoms with Crippen LogP contribution in [0.1, 0.15) is 9.67 Å². The van der Waals surface area contributed by atoms with Gasteiger partial charge in [-0.15, -0.1) is 22.7 Å². The SMILES string of the molecule is O=Cc1ccc(-c2ccc(-c3cc4ccccc4s3)n2-c2ccc(Oc3ccccc3)cc2)s1. The van der Waals surface area contributed by atoms with Crippen LogP contribution in [0.2, 0.25) is 0 Å². The van der Waals surface area contributed by atoms with E-state index in [9.17, 15) is 4.79 Å². The molecule has 3 aromatic carbocycles. The molecular weight excluding hydrogens is 458 g/mol. The molecule has 0 saturated heterocycles. The predicted octanol–water partition coefficient (Wildman–Crippen LogP) is 8.69. The number of hydrogen-bond donors (Lipinski definition) is 0. The normalized spacial score (nSPS) is 11.1. The van der Waals surface area contributed by atoms with Crippen molar-refractivity contribution in [2.24, 2.45) is 0 Å². The molecule has 0 amide bonds. The molecule has 34 heavy (non-hydrogen) atoms. The first kappa shape index (κ1) is 20.7. The Morgan fingerprint density at radius 3 is 2.09 bits per heavy atom. The van der Waals surface area contributed by atoms with Gasteiger partial charge < -0.3 is 9.30 Å². The second kappa shape index (κ2) is 8.78. The number of hydrogen-bond acceptors (Lipinski definition) is 4. The summed E-state index contributed by atoms with van der Waals surface area (Å²) >= 11 is 3.29. The molecule has 3 heterocycles. The van der Waals surface area contributed by atoms with E-state index in [0.717, 1.165) is 44.6 Å². The minimum absolute atomic E-state index is 0.720. The minimum Gasteiger partial charge on any atom is -0.457 e. The van der Waals surface area contributed by atoms with Crippen molar-refractivity contribution in [1.82, 2.24) is 4.57 Å². The van der Waals surface area contributed by atoms with Gasteiger partial charge in [-0.25, -0.2) is 0 Å². The van der Waals surface area contributed by atoms with Gasteiger partial charge in [-0.1, -0.05) is 36.4 Å². The van der Waals surface area contributed by atoms with Crippen molar-refractivity contribution in [3.8, 4) is 38.3 Å². The Labute approximate surface area is 205 Å². The summed E-state index contributed by atoms with van der Waals surface area (Å²) in [5, 5.41) is 1.24. The largest absolute Gasteiger partial charge is 0.457 e. The summed E-state index contributed by atoms with van der Waals surface area (Å²) < 4.78 is 9.52. The number of para-hydroxylation sites is 1. The van der Waals surface area contributed by atoms with Crippen molar-refractivity contribution in [2.45, 2.75) is 0 Å². The molecule has 6 rings (SSSR count). The summed E-state index contributed by atoms with van der Waals surface area (Å²) in [6.45, 7) is 0. The van der Waals surface area contributed by atoms with Crippen LogP contribution in [0.5, 0.6) is 11.5 Å². The van der Waals surface area contributed by atoms with Crippen molar-refractivity contribution in [3.63, 3.8) is 0 Å². The fourth-order valence-electron chi connectivity index (χ4n) is 4.05. The highest BCUT2D eigenvalue weighted by molar-refractivity contribution is 7.22. The number of fused-ring (bicyclic) bond motifs is 1. The van der Waals surface area contributed by atoms with Crippen molar-refractivity contribution in [2.75, 3.05) is 0 Å². The highest BCUT2D eigenvalue weighted by Crippen LogP contribution is 2.40. The van der Waals surface area contributed by atoms with Gasteiger partial charge in [0, 0.05) is 10.4 Å². The Balaban J connectivity index is 1.46. The average molecular weight is 478 g/mol. The van der Waals surface area contributed by atoms with Crippen LogP contribution < -0.4 is 4.74 Å². The molecule has 0 radical (unpaired) electrons. The molecular formula is C29H19NO2S2. The maximum Gasteiger partial charge on any atom is 0.160 e. The molecule has 0 unspecified atom stereocenters. The lowest BCUT2D eigenvalue weighted by Crippen LogP contribution is -1.98. The topological polar surface area (TPSA) is 31.2 Å². The van der Waals surface area contributed by atoms with Gasteiger partial charge in [-0.05, 0) is 78.2 Å². The molecule has 0 atom stereocenters. The third-order valence-corrected chi connectivity index (χ3v) is 7.80. The monoisotopic (exact) mass is 477 g/mol. The van der Waals surface area contributed by atoms with Gasteiger partial charge in [0.2, 0.25) is 0 Å². The van der Waals surface area contributed by atoms with Crippen molar-refractivity contribution in [3.05, 3.63) is 114 Å². The van der Waals surface area contributed by atoms with E-state index in [1.807, 2.05) is 54.6 Å². The fourth-order valence-corrected chi connectivity index (χ4v) is 5.97. The summed E-state index contributed by atoms with van der Waals surface area (Å²) in [4.78, 5) is 14.3. The third kappa shape index (κ3) is 3.85. The minimum atomic E-state index is 0.720. The van der Waals surface area contributed by atoms with Crippen LogP contribution >= 0.6 is 22.7 Å². The zero-order valence-electron chi connectivity index (χ0n) is 18.0. The number of nitrogens with zero attached hydrogens (tertiary/aromatic N) is 1. The van der Waals surface area contributed by atoms with Crippen LogP contribution in [0.3, 0.4) is 0 Å². The molecule has 0 aliphatic heterocycles. The maximum absolute atomic E-state index is 11.3. The van der Waals surface area contributed by atoms with Crippen LogP contribution in [0, 0.1) is 0 Å². The van der Waals surface area contributed by atoms with Crippen LogP contribution in [0.15, 0.2) is 109 Å². The molecule has 3 aromatic heterocycles. The molecule has 0 fully saturated rings. The van der Waals surface area contributed by atoms with Gasteiger partial charge in [0.25, 0.3) is 0 Å². The lowest BCUT2D eigenvalue weighted by Gasteiger charge is -2.13. The number of benzene rings is 3. The molecule has 164 valence electrons. The molecule has 0 bridgehead atoms. The van der Waals surface area contributed by atoms with E-state index in [4.69, 9.17) is 4.74 Å². The van der Waals surface area contributed by atoms with E-state index in [2.05, 4.69) is 59.2 Å². The summed E-state index contributed by atoms with van der Waals surface area (Å²) in [5.41, 5.74) is 3.21. The molecule has 0 aliphatic carbocycles. The lowest BCUT2D eigenvalue weighted by atomic mass is 10.2. The Kier molecular flexibility index (Phi) is 5.34. The van der Waals surface area contributed by atoms with Crippen molar-refractivity contribution in [1.29, 1.82) is 0 Å². The van der Waals surface area contributed by atoms with E-state index in [1.165, 1.54) is 26.3 Å². The summed E-state index contributed by atoms with van der Waals surface area (Å²) in [5.74, 6) is 1.59. The highest BCUT2D eigenvalue weighted by atomic mass is 32.1. The Bertz CT molecular complexity index is 1560. The van der Waals surface area contributed by atoms with E-state index in [-0.39, 0.29) is 0 Å². The number of thiophene rings is 2. The van der Waals surface area contributed by atoms with Gasteiger partial charge in [0.05, 0.1) is 26.0 Å². The van der Waals surface area contributed by atoms with Crippen LogP contribution in [0.4, 0.5) is 0 Å². The maximum atomic E-state index is 11.3. The lowest BCUT2D eigenvalue weighted by molar-refractivity contribution is 0.112. The molecule has 0 spiro atoms. The molecule has 0 saturated carbocycles. The first-order valence-corrected chi connectivity index (χ1v) is 12.5. The standard InChI is InChI=1S/C29H19NO2S2/c31-19-24-14-17-28(33-24)25-15-16-26(29-18-20-6-4-5-9-27(20)34-29)30(25)21-10-12-23(13-11-21)32-22-7-2-1-3-8-22/h1-19H. The van der Waals surface area contributed by atoms with E-state index in [1.54, 1.807) is 11.3 Å². The number of rotatable bonds is 6. The highest BCUT2D eigenvalue weighted by Gasteiger charge is 2.17. The predicted molar refractivity (Wildman–Crippen MR) is 142 cm³/mol. The number of aromatic nitrogens is 1. The molecule has 6 aromatic rings. The van der Waals surface area contributed by atoms with E-state index < -0.39 is 0 Å². The first-order valence-electron chi connectivity index (χ1n) is 10.9. The molecule has 5 heteroatoms. The molecule has 0 aliphatic rings. The van der Waals surface area contributed by atoms with Crippen molar-refractivity contribution >= 4 is 39.0 Å². The second-order valence-corrected chi connectivity index (χ2v) is 10.0. The van der Waals surface area contributed by atoms with Gasteiger partial charge in [-0.3, -0.25) is 4.79 Å². The quantitative estimate of drug-likeness (QED) is 0.225. The van der Waals surface area contributed by atoms with Crippen LogP contribution in [0.25, 0.3) is 36.9 Å². The fraction of sp³-hybridized carbons (Fsp3) is 0. The Hall–Kier alpha value is -3.93. The first-order chi connectivity index (χ1) is 16.8. The summed E-state index contributed by atoms with van der Waals surface area (Å²) in [6.07, 6.45) is 0.907. The number of carbonyl (C=O) groups is 1. The number of ether oxygens (including phenoxy) is 1. The van der Waals surface area contributed by atoms with Crippen LogP contribution in [-0.2, 0) is 0 Å². The zero-order valence-corrected chi connectivity index (χ0v) is 19.7. The van der Waals surface area contributed by atoms with Crippen LogP contribution in [-0.4, -0.2) is 10.9 Å². The van der Waals surface area contributed by atoms with E-state index in [0.29, 0.717) is 0 Å². The smallest absolute Gasteiger partial charge is 0.160 e. The molecule has 3 nitrogen and oxygen atoms in total. The van der Waals surface area contributed by atoms with Gasteiger partial charge in [0.1, 0.15) is 11.5 Å².